The van der Waals surface area contributed by atoms with Gasteiger partial charge in [0.2, 0.25) is 5.91 Å². The van der Waals surface area contributed by atoms with Gasteiger partial charge in [0.25, 0.3) is 0 Å². The summed E-state index contributed by atoms with van der Waals surface area (Å²) >= 11 is 0. The van der Waals surface area contributed by atoms with Crippen LogP contribution in [0.15, 0.2) is 0 Å². The fourth-order valence-electron chi connectivity index (χ4n) is 2.73. The molecule has 1 rings (SSSR count). The first-order valence-corrected chi connectivity index (χ1v) is 7.42. The molecule has 4 heteroatoms. The molecule has 0 aromatic carbocycles. The average molecular weight is 255 g/mol. The molecule has 0 bridgehead atoms. The van der Waals surface area contributed by atoms with Crippen molar-refractivity contribution in [3.8, 4) is 0 Å². The molecule has 0 saturated carbocycles. The third-order valence-electron chi connectivity index (χ3n) is 3.82. The van der Waals surface area contributed by atoms with Crippen molar-refractivity contribution in [1.29, 1.82) is 0 Å². The van der Waals surface area contributed by atoms with Crippen molar-refractivity contribution in [2.75, 3.05) is 13.1 Å². The first-order valence-electron chi connectivity index (χ1n) is 7.42. The standard InChI is InChI=1S/C14H29N3O/c1-12(16)13-8-5-7-11-17(13)14(18)9-4-2-3-6-10-15/h12-13H,2-11,15-16H2,1H3. The zero-order valence-electron chi connectivity index (χ0n) is 11.7. The number of carbonyl (C=O) groups is 1. The molecular formula is C14H29N3O. The number of carbonyl (C=O) groups excluding carboxylic acids is 1. The number of hydrogen-bond donors (Lipinski definition) is 2. The van der Waals surface area contributed by atoms with Crippen molar-refractivity contribution >= 4 is 5.91 Å². The van der Waals surface area contributed by atoms with Crippen molar-refractivity contribution in [2.45, 2.75) is 70.4 Å². The first kappa shape index (κ1) is 15.4. The Labute approximate surface area is 111 Å². The van der Waals surface area contributed by atoms with Gasteiger partial charge in [-0.1, -0.05) is 12.8 Å². The minimum Gasteiger partial charge on any atom is -0.338 e. The average Bonchev–Trinajstić information content (AvgIpc) is 2.38. The summed E-state index contributed by atoms with van der Waals surface area (Å²) in [5.74, 6) is 0.296. The number of rotatable bonds is 7. The van der Waals surface area contributed by atoms with Crippen LogP contribution in [0.25, 0.3) is 0 Å². The van der Waals surface area contributed by atoms with Crippen molar-refractivity contribution in [3.63, 3.8) is 0 Å². The molecule has 1 saturated heterocycles. The van der Waals surface area contributed by atoms with Crippen LogP contribution in [0.3, 0.4) is 0 Å². The van der Waals surface area contributed by atoms with Crippen LogP contribution in [0.1, 0.15) is 58.3 Å². The van der Waals surface area contributed by atoms with E-state index >= 15 is 0 Å². The largest absolute Gasteiger partial charge is 0.338 e. The Bertz CT molecular complexity index is 243. The van der Waals surface area contributed by atoms with Crippen molar-refractivity contribution in [3.05, 3.63) is 0 Å². The number of nitrogens with two attached hydrogens (primary N) is 2. The number of nitrogens with zero attached hydrogens (tertiary/aromatic N) is 1. The second kappa shape index (κ2) is 8.48. The number of piperidine rings is 1. The van der Waals surface area contributed by atoms with E-state index in [1.807, 2.05) is 11.8 Å². The Balaban J connectivity index is 2.29. The normalized spacial score (nSPS) is 21.9. The predicted octanol–water partition coefficient (Wildman–Crippen LogP) is 1.62. The second-order valence-corrected chi connectivity index (χ2v) is 5.46. The van der Waals surface area contributed by atoms with E-state index < -0.39 is 0 Å². The van der Waals surface area contributed by atoms with Gasteiger partial charge in [-0.2, -0.15) is 0 Å². The van der Waals surface area contributed by atoms with Gasteiger partial charge in [0, 0.05) is 25.0 Å². The van der Waals surface area contributed by atoms with Gasteiger partial charge in [-0.05, 0) is 45.6 Å². The van der Waals surface area contributed by atoms with E-state index in [0.717, 1.165) is 51.6 Å². The summed E-state index contributed by atoms with van der Waals surface area (Å²) in [5, 5.41) is 0. The molecule has 1 aliphatic rings. The zero-order valence-corrected chi connectivity index (χ0v) is 11.7. The lowest BCUT2D eigenvalue weighted by atomic mass is 9.96. The topological polar surface area (TPSA) is 72.3 Å². The van der Waals surface area contributed by atoms with Gasteiger partial charge in [-0.15, -0.1) is 0 Å². The molecule has 0 spiro atoms. The molecule has 1 heterocycles. The van der Waals surface area contributed by atoms with Gasteiger partial charge in [0.1, 0.15) is 0 Å². The Morgan fingerprint density at radius 2 is 2.00 bits per heavy atom. The van der Waals surface area contributed by atoms with E-state index in [4.69, 9.17) is 11.5 Å². The zero-order chi connectivity index (χ0) is 13.4. The summed E-state index contributed by atoms with van der Waals surface area (Å²) in [6.45, 7) is 3.66. The monoisotopic (exact) mass is 255 g/mol. The molecule has 0 aliphatic carbocycles. The summed E-state index contributed by atoms with van der Waals surface area (Å²) < 4.78 is 0. The Hall–Kier alpha value is -0.610. The quantitative estimate of drug-likeness (QED) is 0.679. The summed E-state index contributed by atoms with van der Waals surface area (Å²) in [6.07, 6.45) is 8.38. The second-order valence-electron chi connectivity index (χ2n) is 5.46. The molecule has 0 radical (unpaired) electrons. The highest BCUT2D eigenvalue weighted by Crippen LogP contribution is 2.20. The fraction of sp³-hybridized carbons (Fsp3) is 0.929. The molecular weight excluding hydrogens is 226 g/mol. The summed E-state index contributed by atoms with van der Waals surface area (Å²) in [5.41, 5.74) is 11.4. The molecule has 4 nitrogen and oxygen atoms in total. The van der Waals surface area contributed by atoms with Crippen LogP contribution in [-0.4, -0.2) is 36.0 Å². The van der Waals surface area contributed by atoms with Gasteiger partial charge in [-0.25, -0.2) is 0 Å². The van der Waals surface area contributed by atoms with E-state index in [1.165, 1.54) is 6.42 Å². The van der Waals surface area contributed by atoms with E-state index in [2.05, 4.69) is 0 Å². The molecule has 0 aromatic heterocycles. The summed E-state index contributed by atoms with van der Waals surface area (Å²) in [4.78, 5) is 14.2. The molecule has 106 valence electrons. The van der Waals surface area contributed by atoms with Crippen LogP contribution >= 0.6 is 0 Å². The maximum absolute atomic E-state index is 12.2. The molecule has 18 heavy (non-hydrogen) atoms. The lowest BCUT2D eigenvalue weighted by Crippen LogP contribution is -2.51. The Morgan fingerprint density at radius 1 is 1.28 bits per heavy atom. The van der Waals surface area contributed by atoms with Crippen LogP contribution in [0.5, 0.6) is 0 Å². The van der Waals surface area contributed by atoms with Crippen molar-refractivity contribution < 1.29 is 4.79 Å². The number of likely N-dealkylation sites (tertiary alicyclic amines) is 1. The molecule has 4 N–H and O–H groups in total. The predicted molar refractivity (Wildman–Crippen MR) is 75.1 cm³/mol. The highest BCUT2D eigenvalue weighted by molar-refractivity contribution is 5.76. The van der Waals surface area contributed by atoms with Crippen LogP contribution < -0.4 is 11.5 Å². The molecule has 0 aromatic rings. The molecule has 1 amide bonds. The lowest BCUT2D eigenvalue weighted by molar-refractivity contribution is -0.135. The fourth-order valence-corrected chi connectivity index (χ4v) is 2.73. The summed E-state index contributed by atoms with van der Waals surface area (Å²) in [6, 6.07) is 0.349. The lowest BCUT2D eigenvalue weighted by Gasteiger charge is -2.38. The smallest absolute Gasteiger partial charge is 0.222 e. The first-order chi connectivity index (χ1) is 8.66. The molecule has 1 fully saturated rings. The maximum atomic E-state index is 12.2. The van der Waals surface area contributed by atoms with Gasteiger partial charge < -0.3 is 16.4 Å². The minimum absolute atomic E-state index is 0.0893. The molecule has 1 aliphatic heterocycles. The van der Waals surface area contributed by atoms with Gasteiger partial charge in [-0.3, -0.25) is 4.79 Å². The van der Waals surface area contributed by atoms with E-state index in [0.29, 0.717) is 12.3 Å². The van der Waals surface area contributed by atoms with E-state index in [-0.39, 0.29) is 12.1 Å². The third kappa shape index (κ3) is 4.94. The van der Waals surface area contributed by atoms with Crippen LogP contribution in [-0.2, 0) is 4.79 Å². The van der Waals surface area contributed by atoms with Gasteiger partial charge in [0.15, 0.2) is 0 Å². The van der Waals surface area contributed by atoms with Gasteiger partial charge in [0.05, 0.1) is 0 Å². The minimum atomic E-state index is 0.0893. The highest BCUT2D eigenvalue weighted by Gasteiger charge is 2.28. The molecule has 2 atom stereocenters. The number of amides is 1. The van der Waals surface area contributed by atoms with E-state index in [9.17, 15) is 4.79 Å². The Kier molecular flexibility index (Phi) is 7.28. The number of hydrogen-bond acceptors (Lipinski definition) is 3. The molecule has 2 unspecified atom stereocenters. The van der Waals surface area contributed by atoms with Crippen LogP contribution in [0.2, 0.25) is 0 Å². The SMILES string of the molecule is CC(N)C1CCCCN1C(=O)CCCCCCN. The number of unbranched alkanes of at least 4 members (excludes halogenated alkanes) is 3. The van der Waals surface area contributed by atoms with E-state index in [1.54, 1.807) is 0 Å². The van der Waals surface area contributed by atoms with Crippen molar-refractivity contribution in [1.82, 2.24) is 4.90 Å². The van der Waals surface area contributed by atoms with Crippen molar-refractivity contribution in [2.24, 2.45) is 11.5 Å². The van der Waals surface area contributed by atoms with Crippen LogP contribution in [0.4, 0.5) is 0 Å². The maximum Gasteiger partial charge on any atom is 0.222 e. The summed E-state index contributed by atoms with van der Waals surface area (Å²) in [7, 11) is 0. The Morgan fingerprint density at radius 3 is 2.67 bits per heavy atom. The third-order valence-corrected chi connectivity index (χ3v) is 3.82. The highest BCUT2D eigenvalue weighted by atomic mass is 16.2. The van der Waals surface area contributed by atoms with Crippen LogP contribution in [0, 0.1) is 0 Å². The van der Waals surface area contributed by atoms with Gasteiger partial charge >= 0.3 is 0 Å².